The lowest BCUT2D eigenvalue weighted by Crippen LogP contribution is -2.41. The summed E-state index contributed by atoms with van der Waals surface area (Å²) in [4.78, 5) is 12.1. The van der Waals surface area contributed by atoms with E-state index in [1.165, 1.54) is 12.8 Å². The average Bonchev–Trinajstić information content (AvgIpc) is 2.66. The van der Waals surface area contributed by atoms with E-state index < -0.39 is 12.1 Å². The Morgan fingerprint density at radius 2 is 1.40 bits per heavy atom. The van der Waals surface area contributed by atoms with Crippen LogP contribution in [0.2, 0.25) is 0 Å². The van der Waals surface area contributed by atoms with Gasteiger partial charge in [0.1, 0.15) is 0 Å². The van der Waals surface area contributed by atoms with Crippen molar-refractivity contribution >= 4 is 5.91 Å². The van der Waals surface area contributed by atoms with Crippen molar-refractivity contribution in [2.45, 2.75) is 76.4 Å². The second kappa shape index (κ2) is 6.81. The van der Waals surface area contributed by atoms with Crippen LogP contribution in [0.15, 0.2) is 0 Å². The summed E-state index contributed by atoms with van der Waals surface area (Å²) < 4.78 is 37.8. The van der Waals surface area contributed by atoms with Crippen LogP contribution in [0.4, 0.5) is 13.2 Å². The first-order valence-corrected chi connectivity index (χ1v) is 7.84. The van der Waals surface area contributed by atoms with Crippen LogP contribution in [0.5, 0.6) is 0 Å². The van der Waals surface area contributed by atoms with Gasteiger partial charge in [-0.15, -0.1) is 0 Å². The van der Waals surface area contributed by atoms with Gasteiger partial charge in [0.05, 0.1) is 5.92 Å². The third-order valence-electron chi connectivity index (χ3n) is 4.76. The van der Waals surface area contributed by atoms with Crippen molar-refractivity contribution < 1.29 is 18.0 Å². The van der Waals surface area contributed by atoms with Crippen molar-refractivity contribution in [3.63, 3.8) is 0 Å². The summed E-state index contributed by atoms with van der Waals surface area (Å²) in [6.45, 7) is 0. The predicted molar refractivity (Wildman–Crippen MR) is 71.1 cm³/mol. The SMILES string of the molecule is O=C(NC1CCCCCC1)C1CCC(C(F)(F)F)CC1. The standard InChI is InChI=1S/C15H24F3NO/c16-15(17,18)12-9-7-11(8-10-12)14(20)19-13-5-3-1-2-4-6-13/h11-13H,1-10H2,(H,19,20). The summed E-state index contributed by atoms with van der Waals surface area (Å²) in [6, 6.07) is 0.241. The molecule has 0 spiro atoms. The molecule has 116 valence electrons. The molecule has 20 heavy (non-hydrogen) atoms. The van der Waals surface area contributed by atoms with Gasteiger partial charge in [-0.25, -0.2) is 0 Å². The zero-order valence-electron chi connectivity index (χ0n) is 11.8. The quantitative estimate of drug-likeness (QED) is 0.759. The molecule has 1 N–H and O–H groups in total. The molecule has 0 unspecified atom stereocenters. The summed E-state index contributed by atoms with van der Waals surface area (Å²) in [6.07, 6.45) is 3.64. The molecule has 2 fully saturated rings. The van der Waals surface area contributed by atoms with Crippen LogP contribution in [0, 0.1) is 11.8 Å². The predicted octanol–water partition coefficient (Wildman–Crippen LogP) is 4.19. The molecule has 0 aromatic rings. The number of nitrogens with one attached hydrogen (secondary N) is 1. The van der Waals surface area contributed by atoms with Gasteiger partial charge in [-0.3, -0.25) is 4.79 Å². The van der Waals surface area contributed by atoms with E-state index in [1.807, 2.05) is 0 Å². The first kappa shape index (κ1) is 15.6. The number of halogens is 3. The Morgan fingerprint density at radius 3 is 1.90 bits per heavy atom. The number of carbonyl (C=O) groups excluding carboxylic acids is 1. The highest BCUT2D eigenvalue weighted by Crippen LogP contribution is 2.39. The molecule has 5 heteroatoms. The van der Waals surface area contributed by atoms with E-state index >= 15 is 0 Å². The molecular formula is C15H24F3NO. The Labute approximate surface area is 118 Å². The van der Waals surface area contributed by atoms with Crippen molar-refractivity contribution in [1.82, 2.24) is 5.32 Å². The van der Waals surface area contributed by atoms with E-state index in [0.29, 0.717) is 12.8 Å². The summed E-state index contributed by atoms with van der Waals surface area (Å²) in [7, 11) is 0. The lowest BCUT2D eigenvalue weighted by Gasteiger charge is -2.30. The number of hydrogen-bond acceptors (Lipinski definition) is 1. The van der Waals surface area contributed by atoms with E-state index in [2.05, 4.69) is 5.32 Å². The Kier molecular flexibility index (Phi) is 5.33. The molecule has 2 nitrogen and oxygen atoms in total. The number of alkyl halides is 3. The minimum absolute atomic E-state index is 0.0162. The molecule has 0 aromatic heterocycles. The average molecular weight is 291 g/mol. The maximum absolute atomic E-state index is 12.6. The number of carbonyl (C=O) groups is 1. The number of rotatable bonds is 2. The van der Waals surface area contributed by atoms with E-state index in [-0.39, 0.29) is 30.7 Å². The summed E-state index contributed by atoms with van der Waals surface area (Å²) in [5.41, 5.74) is 0. The fraction of sp³-hybridized carbons (Fsp3) is 0.933. The molecule has 0 heterocycles. The maximum atomic E-state index is 12.6. The molecule has 2 saturated carbocycles. The van der Waals surface area contributed by atoms with Gasteiger partial charge in [-0.1, -0.05) is 25.7 Å². The Balaban J connectivity index is 1.76. The third kappa shape index (κ3) is 4.38. The van der Waals surface area contributed by atoms with Crippen molar-refractivity contribution in [2.24, 2.45) is 11.8 Å². The molecule has 0 radical (unpaired) electrons. The largest absolute Gasteiger partial charge is 0.391 e. The monoisotopic (exact) mass is 291 g/mol. The van der Waals surface area contributed by atoms with Crippen molar-refractivity contribution in [3.05, 3.63) is 0 Å². The number of hydrogen-bond donors (Lipinski definition) is 1. The van der Waals surface area contributed by atoms with Gasteiger partial charge in [-0.05, 0) is 38.5 Å². The van der Waals surface area contributed by atoms with Crippen molar-refractivity contribution in [3.8, 4) is 0 Å². The second-order valence-corrected chi connectivity index (χ2v) is 6.29. The first-order chi connectivity index (χ1) is 9.47. The van der Waals surface area contributed by atoms with Gasteiger partial charge in [0, 0.05) is 12.0 Å². The third-order valence-corrected chi connectivity index (χ3v) is 4.76. The molecule has 0 atom stereocenters. The maximum Gasteiger partial charge on any atom is 0.391 e. The molecule has 0 saturated heterocycles. The van der Waals surface area contributed by atoms with Crippen LogP contribution < -0.4 is 5.32 Å². The van der Waals surface area contributed by atoms with E-state index in [4.69, 9.17) is 0 Å². The Hall–Kier alpha value is -0.740. The van der Waals surface area contributed by atoms with E-state index in [0.717, 1.165) is 25.7 Å². The molecule has 2 rings (SSSR count). The Bertz CT molecular complexity index is 314. The molecule has 0 bridgehead atoms. The van der Waals surface area contributed by atoms with Crippen LogP contribution in [0.3, 0.4) is 0 Å². The zero-order chi connectivity index (χ0) is 14.6. The first-order valence-electron chi connectivity index (χ1n) is 7.84. The van der Waals surface area contributed by atoms with Crippen LogP contribution in [0.1, 0.15) is 64.2 Å². The summed E-state index contributed by atoms with van der Waals surface area (Å²) in [5.74, 6) is -1.43. The van der Waals surface area contributed by atoms with Crippen molar-refractivity contribution in [1.29, 1.82) is 0 Å². The Morgan fingerprint density at radius 1 is 0.850 bits per heavy atom. The van der Waals surface area contributed by atoms with E-state index in [9.17, 15) is 18.0 Å². The molecule has 2 aliphatic carbocycles. The van der Waals surface area contributed by atoms with Crippen LogP contribution in [0.25, 0.3) is 0 Å². The van der Waals surface area contributed by atoms with E-state index in [1.54, 1.807) is 0 Å². The topological polar surface area (TPSA) is 29.1 Å². The van der Waals surface area contributed by atoms with Gasteiger partial charge in [-0.2, -0.15) is 13.2 Å². The van der Waals surface area contributed by atoms with Gasteiger partial charge >= 0.3 is 6.18 Å². The van der Waals surface area contributed by atoms with Gasteiger partial charge < -0.3 is 5.32 Å². The molecule has 2 aliphatic rings. The smallest absolute Gasteiger partial charge is 0.353 e. The normalized spacial score (nSPS) is 29.8. The molecular weight excluding hydrogens is 267 g/mol. The lowest BCUT2D eigenvalue weighted by molar-refractivity contribution is -0.184. The van der Waals surface area contributed by atoms with Crippen molar-refractivity contribution in [2.75, 3.05) is 0 Å². The van der Waals surface area contributed by atoms with Gasteiger partial charge in [0.25, 0.3) is 0 Å². The molecule has 1 amide bonds. The second-order valence-electron chi connectivity index (χ2n) is 6.29. The summed E-state index contributed by atoms with van der Waals surface area (Å²) in [5, 5.41) is 3.06. The minimum Gasteiger partial charge on any atom is -0.353 e. The van der Waals surface area contributed by atoms with Crippen LogP contribution >= 0.6 is 0 Å². The fourth-order valence-electron chi connectivity index (χ4n) is 3.43. The fourth-order valence-corrected chi connectivity index (χ4v) is 3.43. The molecule has 0 aliphatic heterocycles. The highest BCUT2D eigenvalue weighted by atomic mass is 19.4. The summed E-state index contributed by atoms with van der Waals surface area (Å²) >= 11 is 0. The zero-order valence-corrected chi connectivity index (χ0v) is 11.8. The van der Waals surface area contributed by atoms with Gasteiger partial charge in [0.15, 0.2) is 0 Å². The van der Waals surface area contributed by atoms with Crippen LogP contribution in [-0.2, 0) is 4.79 Å². The highest BCUT2D eigenvalue weighted by Gasteiger charge is 2.42. The highest BCUT2D eigenvalue weighted by molar-refractivity contribution is 5.79. The van der Waals surface area contributed by atoms with Crippen LogP contribution in [-0.4, -0.2) is 18.1 Å². The number of amides is 1. The van der Waals surface area contributed by atoms with Gasteiger partial charge in [0.2, 0.25) is 5.91 Å². The minimum atomic E-state index is -4.09. The lowest BCUT2D eigenvalue weighted by atomic mass is 9.81. The molecule has 0 aromatic carbocycles.